The van der Waals surface area contributed by atoms with Crippen LogP contribution in [0.2, 0.25) is 0 Å². The van der Waals surface area contributed by atoms with Crippen LogP contribution in [0.4, 0.5) is 5.69 Å². The Morgan fingerprint density at radius 2 is 1.84 bits per heavy atom. The molecule has 3 nitrogen and oxygen atoms in total. The molecule has 1 heterocycles. The summed E-state index contributed by atoms with van der Waals surface area (Å²) in [6, 6.07) is 3.69. The van der Waals surface area contributed by atoms with Crippen LogP contribution < -0.4 is 4.90 Å². The van der Waals surface area contributed by atoms with Crippen LogP contribution in [0.25, 0.3) is 0 Å². The minimum absolute atomic E-state index is 0.384. The molecule has 2 rings (SSSR count). The van der Waals surface area contributed by atoms with Crippen LogP contribution in [0.3, 0.4) is 0 Å². The molecule has 102 valence electrons. The second-order valence-corrected chi connectivity index (χ2v) is 5.96. The zero-order valence-electron chi connectivity index (χ0n) is 11.5. The van der Waals surface area contributed by atoms with Crippen LogP contribution in [0.15, 0.2) is 16.6 Å². The van der Waals surface area contributed by atoms with Crippen LogP contribution >= 0.6 is 15.9 Å². The number of Topliss-reactive ketones (excluding diaryl/α,β-unsaturated/α-hetero) is 1. The average Bonchev–Trinajstić information content (AvgIpc) is 2.61. The Morgan fingerprint density at radius 3 is 2.42 bits per heavy atom. The van der Waals surface area contributed by atoms with Gasteiger partial charge in [-0.05, 0) is 30.5 Å². The number of amides is 1. The molecule has 0 bridgehead atoms. The average molecular weight is 324 g/mol. The Bertz CT molecular complexity index is 535. The summed E-state index contributed by atoms with van der Waals surface area (Å²) >= 11 is 3.38. The number of halogens is 1. The van der Waals surface area contributed by atoms with Crippen molar-refractivity contribution in [1.29, 1.82) is 0 Å². The maximum Gasteiger partial charge on any atom is 0.299 e. The smallest absolute Gasteiger partial charge is 0.299 e. The SMILES string of the molecule is CCC(CC)CN1C(=O)C(=O)c2cc(Br)cc(C)c21. The van der Waals surface area contributed by atoms with Gasteiger partial charge >= 0.3 is 0 Å². The molecule has 1 aromatic rings. The van der Waals surface area contributed by atoms with Gasteiger partial charge in [0.25, 0.3) is 11.7 Å². The zero-order chi connectivity index (χ0) is 14.2. The zero-order valence-corrected chi connectivity index (χ0v) is 13.1. The van der Waals surface area contributed by atoms with Crippen LogP contribution in [-0.4, -0.2) is 18.2 Å². The van der Waals surface area contributed by atoms with E-state index in [1.54, 1.807) is 11.0 Å². The molecule has 0 aliphatic carbocycles. The molecule has 0 saturated heterocycles. The number of nitrogens with zero attached hydrogens (tertiary/aromatic N) is 1. The lowest BCUT2D eigenvalue weighted by molar-refractivity contribution is -0.114. The predicted molar refractivity (Wildman–Crippen MR) is 79.6 cm³/mol. The maximum absolute atomic E-state index is 12.2. The Morgan fingerprint density at radius 1 is 1.21 bits per heavy atom. The summed E-state index contributed by atoms with van der Waals surface area (Å²) < 4.78 is 0.842. The van der Waals surface area contributed by atoms with Crippen molar-refractivity contribution in [1.82, 2.24) is 0 Å². The molecule has 19 heavy (non-hydrogen) atoms. The highest BCUT2D eigenvalue weighted by Crippen LogP contribution is 2.35. The number of carbonyl (C=O) groups is 2. The highest BCUT2D eigenvalue weighted by Gasteiger charge is 2.37. The van der Waals surface area contributed by atoms with Gasteiger partial charge in [0.2, 0.25) is 0 Å². The maximum atomic E-state index is 12.2. The summed E-state index contributed by atoms with van der Waals surface area (Å²) in [6.07, 6.45) is 2.03. The number of benzene rings is 1. The highest BCUT2D eigenvalue weighted by molar-refractivity contribution is 9.10. The summed E-state index contributed by atoms with van der Waals surface area (Å²) in [4.78, 5) is 25.9. The summed E-state index contributed by atoms with van der Waals surface area (Å²) in [5.74, 6) is -0.334. The molecule has 1 amide bonds. The van der Waals surface area contributed by atoms with E-state index in [0.717, 1.165) is 28.6 Å². The number of ketones is 1. The van der Waals surface area contributed by atoms with Crippen molar-refractivity contribution in [2.75, 3.05) is 11.4 Å². The molecule has 0 aromatic heterocycles. The van der Waals surface area contributed by atoms with Crippen molar-refractivity contribution in [2.45, 2.75) is 33.6 Å². The monoisotopic (exact) mass is 323 g/mol. The van der Waals surface area contributed by atoms with E-state index in [-0.39, 0.29) is 11.7 Å². The van der Waals surface area contributed by atoms with E-state index in [1.807, 2.05) is 13.0 Å². The molecule has 0 spiro atoms. The van der Waals surface area contributed by atoms with E-state index in [2.05, 4.69) is 29.8 Å². The van der Waals surface area contributed by atoms with E-state index in [0.29, 0.717) is 18.0 Å². The quantitative estimate of drug-likeness (QED) is 0.792. The number of carbonyl (C=O) groups excluding carboxylic acids is 2. The highest BCUT2D eigenvalue weighted by atomic mass is 79.9. The third kappa shape index (κ3) is 2.46. The van der Waals surface area contributed by atoms with Crippen LogP contribution in [-0.2, 0) is 4.79 Å². The van der Waals surface area contributed by atoms with Crippen molar-refractivity contribution in [2.24, 2.45) is 5.92 Å². The Kier molecular flexibility index (Phi) is 4.09. The minimum atomic E-state index is -0.386. The molecule has 1 aliphatic heterocycles. The number of hydrogen-bond donors (Lipinski definition) is 0. The van der Waals surface area contributed by atoms with Gasteiger partial charge in [0.1, 0.15) is 0 Å². The van der Waals surface area contributed by atoms with Gasteiger partial charge in [-0.25, -0.2) is 0 Å². The molecule has 0 N–H and O–H groups in total. The van der Waals surface area contributed by atoms with Crippen LogP contribution in [0, 0.1) is 12.8 Å². The van der Waals surface area contributed by atoms with Gasteiger partial charge in [0, 0.05) is 11.0 Å². The van der Waals surface area contributed by atoms with Crippen molar-refractivity contribution in [3.05, 3.63) is 27.7 Å². The summed E-state index contributed by atoms with van der Waals surface area (Å²) in [6.45, 7) is 6.81. The van der Waals surface area contributed by atoms with Crippen molar-refractivity contribution in [3.63, 3.8) is 0 Å². The number of fused-ring (bicyclic) bond motifs is 1. The van der Waals surface area contributed by atoms with Gasteiger partial charge in [-0.3, -0.25) is 9.59 Å². The summed E-state index contributed by atoms with van der Waals surface area (Å²) in [7, 11) is 0. The lowest BCUT2D eigenvalue weighted by atomic mass is 10.0. The van der Waals surface area contributed by atoms with Gasteiger partial charge in [0.05, 0.1) is 11.3 Å². The Labute approximate surface area is 122 Å². The fraction of sp³-hybridized carbons (Fsp3) is 0.467. The van der Waals surface area contributed by atoms with Crippen LogP contribution in [0.1, 0.15) is 42.6 Å². The van der Waals surface area contributed by atoms with Gasteiger partial charge in [-0.1, -0.05) is 42.6 Å². The topological polar surface area (TPSA) is 37.4 Å². The van der Waals surface area contributed by atoms with Gasteiger partial charge < -0.3 is 4.90 Å². The molecule has 0 fully saturated rings. The number of hydrogen-bond acceptors (Lipinski definition) is 2. The normalized spacial score (nSPS) is 14.5. The number of anilines is 1. The van der Waals surface area contributed by atoms with E-state index in [9.17, 15) is 9.59 Å². The third-order valence-corrected chi connectivity index (χ3v) is 4.27. The lowest BCUT2D eigenvalue weighted by Gasteiger charge is -2.23. The number of aryl methyl sites for hydroxylation is 1. The van der Waals surface area contributed by atoms with Gasteiger partial charge in [-0.15, -0.1) is 0 Å². The third-order valence-electron chi connectivity index (χ3n) is 3.81. The van der Waals surface area contributed by atoms with Crippen LogP contribution in [0.5, 0.6) is 0 Å². The van der Waals surface area contributed by atoms with Crippen molar-refractivity contribution in [3.8, 4) is 0 Å². The van der Waals surface area contributed by atoms with Gasteiger partial charge in [0.15, 0.2) is 0 Å². The van der Waals surface area contributed by atoms with E-state index >= 15 is 0 Å². The molecule has 0 unspecified atom stereocenters. The minimum Gasteiger partial charge on any atom is -0.304 e. The molecule has 0 radical (unpaired) electrons. The first-order valence-corrected chi connectivity index (χ1v) is 7.45. The molecular weight excluding hydrogens is 306 g/mol. The molecule has 0 saturated carbocycles. The van der Waals surface area contributed by atoms with Crippen molar-refractivity contribution < 1.29 is 9.59 Å². The Balaban J connectivity index is 2.44. The molecule has 0 atom stereocenters. The molecule has 1 aromatic carbocycles. The fourth-order valence-electron chi connectivity index (χ4n) is 2.59. The fourth-order valence-corrected chi connectivity index (χ4v) is 3.16. The second kappa shape index (κ2) is 5.45. The molecule has 1 aliphatic rings. The van der Waals surface area contributed by atoms with E-state index in [1.165, 1.54) is 0 Å². The van der Waals surface area contributed by atoms with E-state index in [4.69, 9.17) is 0 Å². The summed E-state index contributed by atoms with van der Waals surface area (Å²) in [5.41, 5.74) is 2.29. The lowest BCUT2D eigenvalue weighted by Crippen LogP contribution is -2.34. The van der Waals surface area contributed by atoms with E-state index < -0.39 is 0 Å². The first-order chi connectivity index (χ1) is 8.99. The number of rotatable bonds is 4. The van der Waals surface area contributed by atoms with Gasteiger partial charge in [-0.2, -0.15) is 0 Å². The molecule has 4 heteroatoms. The summed E-state index contributed by atoms with van der Waals surface area (Å²) in [5, 5.41) is 0. The Hall–Kier alpha value is -1.16. The standard InChI is InChI=1S/C15H18BrNO2/c1-4-10(5-2)8-17-13-9(3)6-11(16)7-12(13)14(18)15(17)19/h6-7,10H,4-5,8H2,1-3H3. The first kappa shape index (κ1) is 14.3. The first-order valence-electron chi connectivity index (χ1n) is 6.65. The van der Waals surface area contributed by atoms with Crippen molar-refractivity contribution >= 4 is 33.3 Å². The predicted octanol–water partition coefficient (Wildman–Crippen LogP) is 3.72. The largest absolute Gasteiger partial charge is 0.304 e. The molecular formula is C15H18BrNO2. The second-order valence-electron chi connectivity index (χ2n) is 5.05.